The number of amides is 1. The zero-order chi connectivity index (χ0) is 16.4. The number of aromatic nitrogens is 2. The number of nitrogens with zero attached hydrogens (tertiary/aromatic N) is 1. The van der Waals surface area contributed by atoms with E-state index in [1.807, 2.05) is 24.3 Å². The van der Waals surface area contributed by atoms with Gasteiger partial charge < -0.3 is 14.6 Å². The highest BCUT2D eigenvalue weighted by Crippen LogP contribution is 2.28. The van der Waals surface area contributed by atoms with Crippen LogP contribution in [0.4, 0.5) is 5.69 Å². The number of hydrogen-bond donors (Lipinski definition) is 2. The Labute approximate surface area is 131 Å². The molecule has 1 atom stereocenters. The second-order valence-corrected chi connectivity index (χ2v) is 5.29. The highest BCUT2D eigenvalue weighted by molar-refractivity contribution is 5.96. The highest BCUT2D eigenvalue weighted by Gasteiger charge is 2.30. The van der Waals surface area contributed by atoms with Gasteiger partial charge in [-0.25, -0.2) is 4.79 Å². The largest absolute Gasteiger partial charge is 0.480 e. The predicted octanol–water partition coefficient (Wildman–Crippen LogP) is 0.810. The van der Waals surface area contributed by atoms with E-state index in [0.29, 0.717) is 18.7 Å². The first-order chi connectivity index (χ1) is 11.1. The summed E-state index contributed by atoms with van der Waals surface area (Å²) in [5.74, 6) is 0.406. The summed E-state index contributed by atoms with van der Waals surface area (Å²) in [5, 5.41) is 0. The molecule has 1 amide bonds. The van der Waals surface area contributed by atoms with Gasteiger partial charge in [0, 0.05) is 12.7 Å². The second-order valence-electron chi connectivity index (χ2n) is 5.29. The monoisotopic (exact) mass is 315 g/mol. The predicted molar refractivity (Wildman–Crippen MR) is 84.9 cm³/mol. The molecular formula is C16H17N3O4. The number of hydrogen-bond acceptors (Lipinski definition) is 4. The Morgan fingerprint density at radius 1 is 1.35 bits per heavy atom. The quantitative estimate of drug-likeness (QED) is 0.876. The molecule has 1 aliphatic heterocycles. The Kier molecular flexibility index (Phi) is 4.01. The molecule has 3 rings (SSSR count). The molecule has 2 N–H and O–H groups in total. The van der Waals surface area contributed by atoms with Crippen molar-refractivity contribution in [2.24, 2.45) is 0 Å². The number of carbonyl (C=O) groups excluding carboxylic acids is 1. The summed E-state index contributed by atoms with van der Waals surface area (Å²) in [4.78, 5) is 41.6. The van der Waals surface area contributed by atoms with Crippen molar-refractivity contribution in [1.82, 2.24) is 9.97 Å². The van der Waals surface area contributed by atoms with Gasteiger partial charge in [-0.3, -0.25) is 14.6 Å². The van der Waals surface area contributed by atoms with E-state index in [1.54, 1.807) is 6.92 Å². The molecule has 120 valence electrons. The molecule has 0 spiro atoms. The van der Waals surface area contributed by atoms with Gasteiger partial charge in [-0.2, -0.15) is 0 Å². The minimum Gasteiger partial charge on any atom is -0.480 e. The molecule has 7 nitrogen and oxygen atoms in total. The number of likely N-dealkylation sites (N-methyl/N-ethyl adjacent to an activating group) is 1. The summed E-state index contributed by atoms with van der Waals surface area (Å²) in [6.07, 6.45) is 1.90. The van der Waals surface area contributed by atoms with E-state index in [1.165, 1.54) is 11.1 Å². The molecule has 23 heavy (non-hydrogen) atoms. The summed E-state index contributed by atoms with van der Waals surface area (Å²) < 4.78 is 5.79. The fourth-order valence-corrected chi connectivity index (χ4v) is 2.72. The van der Waals surface area contributed by atoms with Crippen LogP contribution < -0.4 is 20.9 Å². The molecule has 2 heterocycles. The first-order valence-electron chi connectivity index (χ1n) is 7.48. The van der Waals surface area contributed by atoms with Gasteiger partial charge in [0.15, 0.2) is 6.10 Å². The Hall–Kier alpha value is -2.83. The lowest BCUT2D eigenvalue weighted by molar-refractivity contribution is -0.126. The van der Waals surface area contributed by atoms with Crippen molar-refractivity contribution < 1.29 is 9.53 Å². The van der Waals surface area contributed by atoms with E-state index in [2.05, 4.69) is 9.97 Å². The lowest BCUT2D eigenvalue weighted by Gasteiger charge is -2.29. The topological polar surface area (TPSA) is 95.3 Å². The van der Waals surface area contributed by atoms with Gasteiger partial charge in [0.2, 0.25) is 0 Å². The number of rotatable bonds is 3. The first-order valence-corrected chi connectivity index (χ1v) is 7.48. The second kappa shape index (κ2) is 6.12. The van der Waals surface area contributed by atoms with E-state index < -0.39 is 17.4 Å². The van der Waals surface area contributed by atoms with Crippen LogP contribution >= 0.6 is 0 Å². The smallest absolute Gasteiger partial charge is 0.325 e. The number of para-hydroxylation sites is 1. The van der Waals surface area contributed by atoms with Crippen LogP contribution in [-0.2, 0) is 11.2 Å². The average molecular weight is 315 g/mol. The van der Waals surface area contributed by atoms with Crippen molar-refractivity contribution in [3.8, 4) is 5.75 Å². The number of benzene rings is 1. The third kappa shape index (κ3) is 2.90. The van der Waals surface area contributed by atoms with E-state index in [0.717, 1.165) is 12.0 Å². The molecule has 0 radical (unpaired) electrons. The van der Waals surface area contributed by atoms with Gasteiger partial charge in [0.05, 0.1) is 0 Å². The molecule has 0 bridgehead atoms. The van der Waals surface area contributed by atoms with Crippen molar-refractivity contribution >= 4 is 11.6 Å². The fourth-order valence-electron chi connectivity index (χ4n) is 2.72. The molecule has 1 aromatic carbocycles. The minimum absolute atomic E-state index is 0.111. The number of anilines is 1. The van der Waals surface area contributed by atoms with E-state index in [-0.39, 0.29) is 11.6 Å². The zero-order valence-corrected chi connectivity index (χ0v) is 12.7. The number of H-pyrrole nitrogens is 2. The minimum atomic E-state index is -0.642. The van der Waals surface area contributed by atoms with Crippen LogP contribution in [0.1, 0.15) is 18.9 Å². The Bertz CT molecular complexity index is 839. The number of ether oxygens (including phenoxy) is 1. The van der Waals surface area contributed by atoms with Gasteiger partial charge in [0.1, 0.15) is 11.4 Å². The van der Waals surface area contributed by atoms with Crippen LogP contribution in [0.25, 0.3) is 0 Å². The lowest BCUT2D eigenvalue weighted by Crippen LogP contribution is -2.46. The molecule has 0 fully saturated rings. The van der Waals surface area contributed by atoms with Crippen molar-refractivity contribution in [3.05, 3.63) is 56.9 Å². The van der Waals surface area contributed by atoms with Crippen LogP contribution in [0.15, 0.2) is 40.1 Å². The maximum absolute atomic E-state index is 12.7. The first kappa shape index (κ1) is 15.1. The standard InChI is InChI=1S/C16H17N3O4/c1-2-19(11-9-17-16(22)18-14(11)20)15(21)13-8-7-10-5-3-4-6-12(10)23-13/h3-6,9,13H,2,7-8H2,1H3,(H2,17,18,20,22). The summed E-state index contributed by atoms with van der Waals surface area (Å²) >= 11 is 0. The number of aromatic amines is 2. The highest BCUT2D eigenvalue weighted by atomic mass is 16.5. The fraction of sp³-hybridized carbons (Fsp3) is 0.312. The molecule has 1 unspecified atom stereocenters. The maximum Gasteiger partial charge on any atom is 0.325 e. The number of fused-ring (bicyclic) bond motifs is 1. The summed E-state index contributed by atoms with van der Waals surface area (Å²) in [7, 11) is 0. The van der Waals surface area contributed by atoms with Crippen LogP contribution in [-0.4, -0.2) is 28.5 Å². The summed E-state index contributed by atoms with van der Waals surface area (Å²) in [6, 6.07) is 7.59. The van der Waals surface area contributed by atoms with Gasteiger partial charge in [-0.05, 0) is 31.4 Å². The van der Waals surface area contributed by atoms with Crippen LogP contribution in [0, 0.1) is 0 Å². The van der Waals surface area contributed by atoms with Gasteiger partial charge in [0.25, 0.3) is 11.5 Å². The third-order valence-electron chi connectivity index (χ3n) is 3.87. The lowest BCUT2D eigenvalue weighted by atomic mass is 10.0. The summed E-state index contributed by atoms with van der Waals surface area (Å²) in [6.45, 7) is 2.06. The van der Waals surface area contributed by atoms with Crippen molar-refractivity contribution in [2.45, 2.75) is 25.9 Å². The number of nitrogens with one attached hydrogen (secondary N) is 2. The van der Waals surface area contributed by atoms with Gasteiger partial charge >= 0.3 is 5.69 Å². The van der Waals surface area contributed by atoms with Crippen LogP contribution in [0.3, 0.4) is 0 Å². The molecule has 0 saturated heterocycles. The van der Waals surface area contributed by atoms with Crippen molar-refractivity contribution in [2.75, 3.05) is 11.4 Å². The molecule has 2 aromatic rings. The van der Waals surface area contributed by atoms with E-state index in [4.69, 9.17) is 4.74 Å². The average Bonchev–Trinajstić information content (AvgIpc) is 2.56. The molecule has 0 aliphatic carbocycles. The Morgan fingerprint density at radius 3 is 2.87 bits per heavy atom. The van der Waals surface area contributed by atoms with Crippen molar-refractivity contribution in [1.29, 1.82) is 0 Å². The molecule has 0 saturated carbocycles. The van der Waals surface area contributed by atoms with Gasteiger partial charge in [-0.1, -0.05) is 18.2 Å². The number of aryl methyl sites for hydroxylation is 1. The van der Waals surface area contributed by atoms with E-state index in [9.17, 15) is 14.4 Å². The van der Waals surface area contributed by atoms with Crippen LogP contribution in [0.5, 0.6) is 5.75 Å². The van der Waals surface area contributed by atoms with Gasteiger partial charge in [-0.15, -0.1) is 0 Å². The maximum atomic E-state index is 12.7. The summed E-state index contributed by atoms with van der Waals surface area (Å²) in [5.41, 5.74) is -0.0219. The van der Waals surface area contributed by atoms with Crippen molar-refractivity contribution in [3.63, 3.8) is 0 Å². The molecular weight excluding hydrogens is 298 g/mol. The molecule has 1 aliphatic rings. The Morgan fingerprint density at radius 2 is 2.13 bits per heavy atom. The number of carbonyl (C=O) groups is 1. The molecule has 7 heteroatoms. The molecule has 1 aromatic heterocycles. The third-order valence-corrected chi connectivity index (χ3v) is 3.87. The van der Waals surface area contributed by atoms with E-state index >= 15 is 0 Å². The zero-order valence-electron chi connectivity index (χ0n) is 12.7. The Balaban J connectivity index is 1.87. The SMILES string of the molecule is CCN(C(=O)C1CCc2ccccc2O1)c1c[nH]c(=O)[nH]c1=O. The van der Waals surface area contributed by atoms with Crippen LogP contribution in [0.2, 0.25) is 0 Å². The normalized spacial score (nSPS) is 16.3.